The van der Waals surface area contributed by atoms with Crippen molar-refractivity contribution in [2.45, 2.75) is 58.7 Å². The molecule has 0 aromatic carbocycles. The Balaban J connectivity index is 1.92. The zero-order valence-electron chi connectivity index (χ0n) is 16.4. The van der Waals surface area contributed by atoms with E-state index < -0.39 is 6.04 Å². The number of nitrogens with one attached hydrogen (secondary N) is 3. The fourth-order valence-corrected chi connectivity index (χ4v) is 3.52. The van der Waals surface area contributed by atoms with E-state index in [1.807, 2.05) is 39.5 Å². The van der Waals surface area contributed by atoms with Crippen molar-refractivity contribution in [3.63, 3.8) is 0 Å². The summed E-state index contributed by atoms with van der Waals surface area (Å²) in [5.74, 6) is 0.0909. The maximum absolute atomic E-state index is 13.0. The molecule has 2 aliphatic heterocycles. The Bertz CT molecular complexity index is 469. The Morgan fingerprint density at radius 1 is 1.12 bits per heavy atom. The Morgan fingerprint density at radius 3 is 2.32 bits per heavy atom. The average molecular weight is 354 g/mol. The maximum Gasteiger partial charge on any atom is 0.315 e. The summed E-state index contributed by atoms with van der Waals surface area (Å²) in [6.07, 6.45) is 1.02. The molecule has 0 spiro atoms. The minimum absolute atomic E-state index is 0.0386. The molecule has 2 rings (SSSR count). The summed E-state index contributed by atoms with van der Waals surface area (Å²) in [6.45, 7) is 15.4. The summed E-state index contributed by atoms with van der Waals surface area (Å²) in [5, 5.41) is 9.12. The second kappa shape index (κ2) is 8.36. The predicted octanol–water partition coefficient (Wildman–Crippen LogP) is 0.615. The van der Waals surface area contributed by atoms with Gasteiger partial charge in [-0.25, -0.2) is 4.79 Å². The normalized spacial score (nSPS) is 23.6. The van der Waals surface area contributed by atoms with Crippen LogP contribution in [0.25, 0.3) is 0 Å². The molecule has 2 saturated heterocycles. The van der Waals surface area contributed by atoms with Gasteiger partial charge in [-0.15, -0.1) is 0 Å². The third kappa shape index (κ3) is 5.85. The van der Waals surface area contributed by atoms with Gasteiger partial charge in [0.1, 0.15) is 6.04 Å². The van der Waals surface area contributed by atoms with Gasteiger partial charge in [-0.2, -0.15) is 0 Å². The highest BCUT2D eigenvalue weighted by atomic mass is 16.2. The molecule has 0 saturated carbocycles. The summed E-state index contributed by atoms with van der Waals surface area (Å²) >= 11 is 0. The minimum atomic E-state index is -0.482. The third-order valence-electron chi connectivity index (χ3n) is 4.85. The molecule has 2 atom stereocenters. The van der Waals surface area contributed by atoms with Gasteiger partial charge >= 0.3 is 6.03 Å². The molecule has 7 nitrogen and oxygen atoms in total. The number of urea groups is 1. The smallest absolute Gasteiger partial charge is 0.315 e. The lowest BCUT2D eigenvalue weighted by Crippen LogP contribution is -2.56. The molecule has 0 aromatic rings. The molecule has 0 aromatic heterocycles. The van der Waals surface area contributed by atoms with Gasteiger partial charge in [-0.1, -0.05) is 13.8 Å². The van der Waals surface area contributed by atoms with Crippen molar-refractivity contribution in [3.8, 4) is 0 Å². The number of likely N-dealkylation sites (tertiary alicyclic amines) is 1. The molecule has 144 valence electrons. The molecule has 0 aliphatic carbocycles. The molecule has 0 radical (unpaired) electrons. The lowest BCUT2D eigenvalue weighted by atomic mass is 10.0. The molecule has 25 heavy (non-hydrogen) atoms. The van der Waals surface area contributed by atoms with Crippen molar-refractivity contribution in [2.24, 2.45) is 5.92 Å². The number of hydrogen-bond acceptors (Lipinski definition) is 4. The van der Waals surface area contributed by atoms with Crippen LogP contribution < -0.4 is 16.0 Å². The zero-order valence-corrected chi connectivity index (χ0v) is 16.4. The van der Waals surface area contributed by atoms with Crippen LogP contribution in [0.2, 0.25) is 0 Å². The fourth-order valence-electron chi connectivity index (χ4n) is 3.52. The van der Waals surface area contributed by atoms with Crippen molar-refractivity contribution < 1.29 is 9.59 Å². The van der Waals surface area contributed by atoms with Gasteiger partial charge in [0, 0.05) is 50.8 Å². The van der Waals surface area contributed by atoms with E-state index in [2.05, 4.69) is 20.9 Å². The molecule has 2 fully saturated rings. The van der Waals surface area contributed by atoms with Crippen LogP contribution in [0, 0.1) is 5.92 Å². The van der Waals surface area contributed by atoms with Crippen LogP contribution in [0.5, 0.6) is 0 Å². The van der Waals surface area contributed by atoms with Crippen molar-refractivity contribution in [3.05, 3.63) is 0 Å². The first-order valence-electron chi connectivity index (χ1n) is 9.49. The second-order valence-electron chi connectivity index (χ2n) is 8.58. The first kappa shape index (κ1) is 20.0. The van der Waals surface area contributed by atoms with Crippen LogP contribution in [0.3, 0.4) is 0 Å². The summed E-state index contributed by atoms with van der Waals surface area (Å²) < 4.78 is 0. The first-order chi connectivity index (χ1) is 11.7. The minimum Gasteiger partial charge on any atom is -0.339 e. The average Bonchev–Trinajstić information content (AvgIpc) is 3.01. The van der Waals surface area contributed by atoms with Gasteiger partial charge in [-0.05, 0) is 33.1 Å². The van der Waals surface area contributed by atoms with E-state index in [4.69, 9.17) is 0 Å². The van der Waals surface area contributed by atoms with Gasteiger partial charge in [0.2, 0.25) is 5.91 Å². The van der Waals surface area contributed by atoms with Gasteiger partial charge in [0.15, 0.2) is 0 Å². The van der Waals surface area contributed by atoms with Crippen LogP contribution in [0.1, 0.15) is 41.0 Å². The standard InChI is InChI=1S/C18H35N5O2/c1-13(2)15(20-17(25)21-18(3,4)5)16(24)23-9-6-14(12-23)22-10-7-19-8-11-22/h13-15,19H,6-12H2,1-5H3,(H2,20,21,25)/t14?,15-/m0/s1. The van der Waals surface area contributed by atoms with Gasteiger partial charge < -0.3 is 20.9 Å². The van der Waals surface area contributed by atoms with Crippen LogP contribution in [-0.2, 0) is 4.79 Å². The number of nitrogens with zero attached hydrogens (tertiary/aromatic N) is 2. The van der Waals surface area contributed by atoms with Crippen molar-refractivity contribution in [2.75, 3.05) is 39.3 Å². The third-order valence-corrected chi connectivity index (χ3v) is 4.85. The van der Waals surface area contributed by atoms with Crippen molar-refractivity contribution >= 4 is 11.9 Å². The number of amides is 3. The SMILES string of the molecule is CC(C)[C@H](NC(=O)NC(C)(C)C)C(=O)N1CCC(N2CCNCC2)C1. The van der Waals surface area contributed by atoms with E-state index in [1.165, 1.54) is 0 Å². The Hall–Kier alpha value is -1.34. The molecule has 0 bridgehead atoms. The first-order valence-corrected chi connectivity index (χ1v) is 9.49. The fraction of sp³-hybridized carbons (Fsp3) is 0.889. The Labute approximate surface area is 151 Å². The monoisotopic (exact) mass is 353 g/mol. The number of hydrogen-bond donors (Lipinski definition) is 3. The zero-order chi connectivity index (χ0) is 18.6. The van der Waals surface area contributed by atoms with E-state index >= 15 is 0 Å². The molecular formula is C18H35N5O2. The molecular weight excluding hydrogens is 318 g/mol. The number of rotatable bonds is 4. The molecule has 3 amide bonds. The van der Waals surface area contributed by atoms with Gasteiger partial charge in [0.25, 0.3) is 0 Å². The lowest BCUT2D eigenvalue weighted by Gasteiger charge is -2.33. The summed E-state index contributed by atoms with van der Waals surface area (Å²) in [4.78, 5) is 29.6. The van der Waals surface area contributed by atoms with E-state index in [-0.39, 0.29) is 23.4 Å². The largest absolute Gasteiger partial charge is 0.339 e. The lowest BCUT2D eigenvalue weighted by molar-refractivity contribution is -0.133. The van der Waals surface area contributed by atoms with Crippen LogP contribution in [0.4, 0.5) is 4.79 Å². The van der Waals surface area contributed by atoms with Gasteiger partial charge in [0.05, 0.1) is 0 Å². The molecule has 3 N–H and O–H groups in total. The highest BCUT2D eigenvalue weighted by Gasteiger charge is 2.35. The molecule has 2 aliphatic rings. The van der Waals surface area contributed by atoms with Crippen LogP contribution in [-0.4, -0.2) is 78.6 Å². The van der Waals surface area contributed by atoms with Crippen LogP contribution in [0.15, 0.2) is 0 Å². The molecule has 2 heterocycles. The Morgan fingerprint density at radius 2 is 1.76 bits per heavy atom. The highest BCUT2D eigenvalue weighted by molar-refractivity contribution is 5.87. The number of carbonyl (C=O) groups is 2. The summed E-state index contributed by atoms with van der Waals surface area (Å²) in [7, 11) is 0. The van der Waals surface area contributed by atoms with E-state index in [9.17, 15) is 9.59 Å². The predicted molar refractivity (Wildman–Crippen MR) is 99.5 cm³/mol. The quantitative estimate of drug-likeness (QED) is 0.692. The summed E-state index contributed by atoms with van der Waals surface area (Å²) in [6, 6.07) is -0.316. The molecule has 1 unspecified atom stereocenters. The van der Waals surface area contributed by atoms with E-state index in [1.54, 1.807) is 0 Å². The van der Waals surface area contributed by atoms with E-state index in [0.29, 0.717) is 6.04 Å². The number of piperazine rings is 1. The Kier molecular flexibility index (Phi) is 6.68. The number of carbonyl (C=O) groups excluding carboxylic acids is 2. The topological polar surface area (TPSA) is 76.7 Å². The van der Waals surface area contributed by atoms with Crippen molar-refractivity contribution in [1.29, 1.82) is 0 Å². The van der Waals surface area contributed by atoms with Crippen molar-refractivity contribution in [1.82, 2.24) is 25.8 Å². The van der Waals surface area contributed by atoms with Gasteiger partial charge in [-0.3, -0.25) is 9.69 Å². The van der Waals surface area contributed by atoms with E-state index in [0.717, 1.165) is 45.7 Å². The second-order valence-corrected chi connectivity index (χ2v) is 8.58. The maximum atomic E-state index is 13.0. The molecule has 7 heteroatoms. The highest BCUT2D eigenvalue weighted by Crippen LogP contribution is 2.18. The summed E-state index contributed by atoms with van der Waals surface area (Å²) in [5.41, 5.74) is -0.324. The van der Waals surface area contributed by atoms with Crippen LogP contribution >= 0.6 is 0 Å².